The maximum atomic E-state index is 11.8. The van der Waals surface area contributed by atoms with Crippen LogP contribution in [0.25, 0.3) is 0 Å². The standard InChI is InChI=1S/C13H22N4O2/c1-10-8-15-12(19-10)9-14-11-4-6-17(7-5-11)13(18)16(2)3/h8,11,14H,4-7,9H2,1-3H3. The molecule has 106 valence electrons. The molecule has 1 aromatic rings. The van der Waals surface area contributed by atoms with Crippen LogP contribution in [-0.4, -0.2) is 54.0 Å². The average Bonchev–Trinajstić information content (AvgIpc) is 2.82. The summed E-state index contributed by atoms with van der Waals surface area (Å²) in [5.41, 5.74) is 0. The third kappa shape index (κ3) is 3.70. The Bertz CT molecular complexity index is 422. The summed E-state index contributed by atoms with van der Waals surface area (Å²) in [7, 11) is 3.58. The minimum atomic E-state index is 0.0989. The number of aryl methyl sites for hydroxylation is 1. The van der Waals surface area contributed by atoms with Crippen LogP contribution >= 0.6 is 0 Å². The number of carbonyl (C=O) groups excluding carboxylic acids is 1. The monoisotopic (exact) mass is 266 g/mol. The van der Waals surface area contributed by atoms with Crippen molar-refractivity contribution in [1.82, 2.24) is 20.1 Å². The lowest BCUT2D eigenvalue weighted by Gasteiger charge is -2.33. The highest BCUT2D eigenvalue weighted by atomic mass is 16.4. The van der Waals surface area contributed by atoms with E-state index in [0.717, 1.165) is 37.6 Å². The molecule has 1 aliphatic heterocycles. The van der Waals surface area contributed by atoms with E-state index in [1.165, 1.54) is 0 Å². The van der Waals surface area contributed by atoms with E-state index < -0.39 is 0 Å². The molecule has 6 nitrogen and oxygen atoms in total. The summed E-state index contributed by atoms with van der Waals surface area (Å²) in [6, 6.07) is 0.528. The van der Waals surface area contributed by atoms with E-state index in [1.807, 2.05) is 11.8 Å². The molecule has 0 aliphatic carbocycles. The zero-order valence-electron chi connectivity index (χ0n) is 11.8. The van der Waals surface area contributed by atoms with Gasteiger partial charge in [0.15, 0.2) is 0 Å². The second-order valence-corrected chi connectivity index (χ2v) is 5.18. The Morgan fingerprint density at radius 2 is 2.21 bits per heavy atom. The molecule has 0 atom stereocenters. The fourth-order valence-electron chi connectivity index (χ4n) is 2.27. The number of rotatable bonds is 3. The number of likely N-dealkylation sites (tertiary alicyclic amines) is 1. The van der Waals surface area contributed by atoms with Gasteiger partial charge in [-0.15, -0.1) is 0 Å². The number of carbonyl (C=O) groups is 1. The molecule has 0 spiro atoms. The first kappa shape index (κ1) is 13.9. The van der Waals surface area contributed by atoms with Crippen LogP contribution in [0.15, 0.2) is 10.6 Å². The number of urea groups is 1. The number of nitrogens with one attached hydrogen (secondary N) is 1. The Hall–Kier alpha value is -1.56. The van der Waals surface area contributed by atoms with Gasteiger partial charge in [-0.2, -0.15) is 0 Å². The molecule has 1 aromatic heterocycles. The Balaban J connectivity index is 1.73. The number of amides is 2. The maximum Gasteiger partial charge on any atom is 0.319 e. The second-order valence-electron chi connectivity index (χ2n) is 5.18. The van der Waals surface area contributed by atoms with E-state index in [4.69, 9.17) is 4.42 Å². The fraction of sp³-hybridized carbons (Fsp3) is 0.692. The molecule has 0 saturated carbocycles. The molecule has 2 amide bonds. The molecule has 2 heterocycles. The van der Waals surface area contributed by atoms with Crippen molar-refractivity contribution in [3.8, 4) is 0 Å². The lowest BCUT2D eigenvalue weighted by atomic mass is 10.1. The molecule has 0 unspecified atom stereocenters. The quantitative estimate of drug-likeness (QED) is 0.893. The lowest BCUT2D eigenvalue weighted by molar-refractivity contribution is 0.152. The smallest absolute Gasteiger partial charge is 0.319 e. The SMILES string of the molecule is Cc1cnc(CNC2CCN(C(=O)N(C)C)CC2)o1. The maximum absolute atomic E-state index is 11.8. The van der Waals surface area contributed by atoms with Crippen molar-refractivity contribution in [3.05, 3.63) is 17.8 Å². The van der Waals surface area contributed by atoms with Crippen molar-refractivity contribution in [3.63, 3.8) is 0 Å². The van der Waals surface area contributed by atoms with Crippen molar-refractivity contribution in [2.24, 2.45) is 0 Å². The highest BCUT2D eigenvalue weighted by Gasteiger charge is 2.23. The number of oxazole rings is 1. The summed E-state index contributed by atoms with van der Waals surface area (Å²) in [5, 5.41) is 3.43. The van der Waals surface area contributed by atoms with E-state index in [0.29, 0.717) is 12.6 Å². The minimum Gasteiger partial charge on any atom is -0.445 e. The Morgan fingerprint density at radius 3 is 2.74 bits per heavy atom. The summed E-state index contributed by atoms with van der Waals surface area (Å²) in [6.45, 7) is 4.15. The predicted octanol–water partition coefficient (Wildman–Crippen LogP) is 1.22. The molecule has 0 bridgehead atoms. The van der Waals surface area contributed by atoms with Gasteiger partial charge in [0, 0.05) is 33.2 Å². The van der Waals surface area contributed by atoms with Gasteiger partial charge in [0.05, 0.1) is 12.7 Å². The summed E-state index contributed by atoms with van der Waals surface area (Å²) in [6.07, 6.45) is 3.67. The van der Waals surface area contributed by atoms with Crippen LogP contribution in [0, 0.1) is 6.92 Å². The van der Waals surface area contributed by atoms with Crippen molar-refractivity contribution >= 4 is 6.03 Å². The zero-order valence-corrected chi connectivity index (χ0v) is 11.8. The van der Waals surface area contributed by atoms with Gasteiger partial charge in [-0.3, -0.25) is 0 Å². The predicted molar refractivity (Wildman–Crippen MR) is 71.8 cm³/mol. The molecule has 2 rings (SSSR count). The van der Waals surface area contributed by atoms with Crippen LogP contribution < -0.4 is 5.32 Å². The van der Waals surface area contributed by atoms with Crippen LogP contribution in [0.5, 0.6) is 0 Å². The number of hydrogen-bond acceptors (Lipinski definition) is 4. The van der Waals surface area contributed by atoms with Crippen LogP contribution in [0.3, 0.4) is 0 Å². The van der Waals surface area contributed by atoms with E-state index >= 15 is 0 Å². The first-order valence-corrected chi connectivity index (χ1v) is 6.67. The van der Waals surface area contributed by atoms with Crippen molar-refractivity contribution < 1.29 is 9.21 Å². The summed E-state index contributed by atoms with van der Waals surface area (Å²) < 4.78 is 5.42. The highest BCUT2D eigenvalue weighted by molar-refractivity contribution is 5.73. The van der Waals surface area contributed by atoms with Gasteiger partial charge >= 0.3 is 6.03 Å². The van der Waals surface area contributed by atoms with E-state index in [2.05, 4.69) is 10.3 Å². The molecule has 0 aromatic carbocycles. The van der Waals surface area contributed by atoms with E-state index in [1.54, 1.807) is 25.2 Å². The zero-order chi connectivity index (χ0) is 13.8. The van der Waals surface area contributed by atoms with E-state index in [-0.39, 0.29) is 6.03 Å². The largest absolute Gasteiger partial charge is 0.445 e. The average molecular weight is 266 g/mol. The highest BCUT2D eigenvalue weighted by Crippen LogP contribution is 2.12. The van der Waals surface area contributed by atoms with Gasteiger partial charge in [0.2, 0.25) is 5.89 Å². The Morgan fingerprint density at radius 1 is 1.53 bits per heavy atom. The minimum absolute atomic E-state index is 0.0989. The first-order chi connectivity index (χ1) is 9.06. The van der Waals surface area contributed by atoms with Crippen LogP contribution in [0.1, 0.15) is 24.5 Å². The van der Waals surface area contributed by atoms with Crippen LogP contribution in [-0.2, 0) is 6.54 Å². The number of aromatic nitrogens is 1. The topological polar surface area (TPSA) is 61.6 Å². The third-order valence-corrected chi connectivity index (χ3v) is 3.36. The molecule has 1 saturated heterocycles. The molecular formula is C13H22N4O2. The van der Waals surface area contributed by atoms with Gasteiger partial charge in [0.1, 0.15) is 5.76 Å². The molecule has 1 aliphatic rings. The summed E-state index contributed by atoms with van der Waals surface area (Å²) in [5.74, 6) is 1.56. The van der Waals surface area contributed by atoms with E-state index in [9.17, 15) is 4.79 Å². The second kappa shape index (κ2) is 6.06. The van der Waals surface area contributed by atoms with Gasteiger partial charge in [-0.25, -0.2) is 9.78 Å². The number of hydrogen-bond donors (Lipinski definition) is 1. The fourth-order valence-corrected chi connectivity index (χ4v) is 2.27. The Labute approximate surface area is 113 Å². The van der Waals surface area contributed by atoms with Crippen LogP contribution in [0.4, 0.5) is 4.79 Å². The number of nitrogens with zero attached hydrogens (tertiary/aromatic N) is 3. The number of piperidine rings is 1. The van der Waals surface area contributed by atoms with Crippen molar-refractivity contribution in [2.45, 2.75) is 32.4 Å². The van der Waals surface area contributed by atoms with Crippen molar-refractivity contribution in [2.75, 3.05) is 27.2 Å². The molecule has 6 heteroatoms. The molecular weight excluding hydrogens is 244 g/mol. The van der Waals surface area contributed by atoms with Gasteiger partial charge in [-0.05, 0) is 19.8 Å². The third-order valence-electron chi connectivity index (χ3n) is 3.36. The van der Waals surface area contributed by atoms with Gasteiger partial charge in [-0.1, -0.05) is 0 Å². The Kier molecular flexibility index (Phi) is 4.42. The van der Waals surface area contributed by atoms with Gasteiger partial charge in [0.25, 0.3) is 0 Å². The van der Waals surface area contributed by atoms with Crippen LogP contribution in [0.2, 0.25) is 0 Å². The van der Waals surface area contributed by atoms with Gasteiger partial charge < -0.3 is 19.5 Å². The molecule has 0 radical (unpaired) electrons. The molecule has 1 N–H and O–H groups in total. The first-order valence-electron chi connectivity index (χ1n) is 6.67. The van der Waals surface area contributed by atoms with Crippen molar-refractivity contribution in [1.29, 1.82) is 0 Å². The summed E-state index contributed by atoms with van der Waals surface area (Å²) in [4.78, 5) is 19.5. The normalized spacial score (nSPS) is 16.7. The lowest BCUT2D eigenvalue weighted by Crippen LogP contribution is -2.47. The summed E-state index contributed by atoms with van der Waals surface area (Å²) >= 11 is 0. The molecule has 19 heavy (non-hydrogen) atoms. The molecule has 1 fully saturated rings.